The summed E-state index contributed by atoms with van der Waals surface area (Å²) in [6.07, 6.45) is 5.31. The van der Waals surface area contributed by atoms with Crippen molar-refractivity contribution in [3.8, 4) is 0 Å². The quantitative estimate of drug-likeness (QED) is 0.0707. The number of nitrogens with one attached hydrogen (secondary N) is 5. The molecule has 7 N–H and O–H groups in total. The predicted molar refractivity (Wildman–Crippen MR) is 179 cm³/mol. The molecule has 0 aromatic heterocycles. The first-order valence-electron chi connectivity index (χ1n) is 16.3. The number of carbonyl (C=O) groups is 7. The van der Waals surface area contributed by atoms with Crippen LogP contribution in [0, 0.1) is 5.41 Å². The number of rotatable bonds is 19. The van der Waals surface area contributed by atoms with Gasteiger partial charge in [-0.1, -0.05) is 18.6 Å². The molecule has 3 rings (SSSR count). The van der Waals surface area contributed by atoms with Gasteiger partial charge in [-0.05, 0) is 75.8 Å². The van der Waals surface area contributed by atoms with E-state index in [-0.39, 0.29) is 43.1 Å². The third kappa shape index (κ3) is 10.9. The molecule has 2 atom stereocenters. The van der Waals surface area contributed by atoms with E-state index in [0.717, 1.165) is 0 Å². The van der Waals surface area contributed by atoms with E-state index in [2.05, 4.69) is 26.6 Å². The minimum Gasteiger partial charge on any atom is -0.445 e. The zero-order valence-electron chi connectivity index (χ0n) is 27.6. The summed E-state index contributed by atoms with van der Waals surface area (Å²) in [4.78, 5) is 88.5. The maximum absolute atomic E-state index is 13.6. The Morgan fingerprint density at radius 2 is 1.69 bits per heavy atom. The summed E-state index contributed by atoms with van der Waals surface area (Å²) in [6, 6.07) is 4.97. The van der Waals surface area contributed by atoms with Gasteiger partial charge in [0.2, 0.25) is 29.5 Å². The van der Waals surface area contributed by atoms with Crippen molar-refractivity contribution in [2.75, 3.05) is 37.8 Å². The molecule has 1 aromatic rings. The average Bonchev–Trinajstić information content (AvgIpc) is 3.31. The van der Waals surface area contributed by atoms with Crippen LogP contribution in [0.25, 0.3) is 0 Å². The molecule has 1 aromatic carbocycles. The third-order valence-corrected chi connectivity index (χ3v) is 9.35. The molecule has 1 saturated carbocycles. The summed E-state index contributed by atoms with van der Waals surface area (Å²) >= 11 is 1.38. The molecule has 2 aliphatic rings. The molecular weight excluding hydrogens is 642 g/mol. The highest BCUT2D eigenvalue weighted by atomic mass is 32.2. The molecule has 0 spiro atoms. The van der Waals surface area contributed by atoms with Crippen molar-refractivity contribution in [1.29, 1.82) is 0 Å². The van der Waals surface area contributed by atoms with Crippen LogP contribution in [0.4, 0.5) is 15.3 Å². The fourth-order valence-electron chi connectivity index (χ4n) is 5.44. The molecule has 1 aliphatic carbocycles. The van der Waals surface area contributed by atoms with Gasteiger partial charge >= 0.3 is 12.1 Å². The first kappa shape index (κ1) is 38.1. The number of amides is 8. The Hall–Kier alpha value is -4.34. The third-order valence-electron chi connectivity index (χ3n) is 8.41. The normalized spacial score (nSPS) is 17.1. The number of anilines is 1. The molecule has 15 nitrogen and oxygen atoms in total. The molecule has 1 heterocycles. The maximum atomic E-state index is 13.6. The Labute approximate surface area is 284 Å². The highest BCUT2D eigenvalue weighted by Crippen LogP contribution is 2.41. The summed E-state index contributed by atoms with van der Waals surface area (Å²) < 4.78 is 5.10. The van der Waals surface area contributed by atoms with Crippen LogP contribution < -0.4 is 32.3 Å². The number of urea groups is 1. The highest BCUT2D eigenvalue weighted by molar-refractivity contribution is 8.00. The van der Waals surface area contributed by atoms with Gasteiger partial charge in [-0.3, -0.25) is 28.9 Å². The number of primary amides is 1. The van der Waals surface area contributed by atoms with Crippen molar-refractivity contribution in [2.45, 2.75) is 82.6 Å². The van der Waals surface area contributed by atoms with Crippen LogP contribution >= 0.6 is 11.8 Å². The second kappa shape index (κ2) is 18.9. The number of benzene rings is 1. The van der Waals surface area contributed by atoms with Crippen LogP contribution in [-0.4, -0.2) is 90.3 Å². The van der Waals surface area contributed by atoms with E-state index < -0.39 is 41.3 Å². The number of hydrogen-bond donors (Lipinski definition) is 6. The predicted octanol–water partition coefficient (Wildman–Crippen LogP) is 1.75. The van der Waals surface area contributed by atoms with E-state index in [4.69, 9.17) is 10.5 Å². The maximum Gasteiger partial charge on any atom is 0.407 e. The number of unbranched alkanes of at least 4 members (excludes halogenated alkanes) is 2. The van der Waals surface area contributed by atoms with Gasteiger partial charge in [0.05, 0.1) is 5.25 Å². The Bertz CT molecular complexity index is 1320. The molecular formula is C32H47N7O8S. The molecule has 8 amide bonds. The van der Waals surface area contributed by atoms with Gasteiger partial charge in [0.15, 0.2) is 0 Å². The monoisotopic (exact) mass is 689 g/mol. The minimum atomic E-state index is -1.29. The van der Waals surface area contributed by atoms with Crippen LogP contribution in [0.2, 0.25) is 0 Å². The van der Waals surface area contributed by atoms with Crippen LogP contribution in [-0.2, 0) is 35.3 Å². The van der Waals surface area contributed by atoms with Gasteiger partial charge in [-0.25, -0.2) is 9.59 Å². The standard InChI is InChI=1S/C32H47N7O8S/c1-3-34-31(46)47-20-21-10-12-22(13-11-21)37-26(41)23(9-7-17-36-30(33)45)38-29(44)32(14-8-15-32)28(43)35-16-5-4-6-18-39-25(40)19-24(48-2)27(39)42/h10-13,23-24H,3-9,14-20H2,1-2H3,(H,34,46)(H,35,43)(H,37,41)(H,38,44)(H3,33,36,45). The zero-order chi connectivity index (χ0) is 35.1. The van der Waals surface area contributed by atoms with Gasteiger partial charge in [-0.15, -0.1) is 0 Å². The fourth-order valence-corrected chi connectivity index (χ4v) is 6.08. The Balaban J connectivity index is 1.52. The largest absolute Gasteiger partial charge is 0.445 e. The number of hydrogen-bond acceptors (Lipinski definition) is 9. The first-order chi connectivity index (χ1) is 23.0. The molecule has 16 heteroatoms. The zero-order valence-corrected chi connectivity index (χ0v) is 28.4. The number of likely N-dealkylation sites (tertiary alicyclic amines) is 1. The summed E-state index contributed by atoms with van der Waals surface area (Å²) in [7, 11) is 0. The van der Waals surface area contributed by atoms with Gasteiger partial charge in [0.1, 0.15) is 18.1 Å². The molecule has 48 heavy (non-hydrogen) atoms. The Kier molecular flexibility index (Phi) is 15.0. The first-order valence-corrected chi connectivity index (χ1v) is 17.6. The van der Waals surface area contributed by atoms with Crippen LogP contribution in [0.15, 0.2) is 24.3 Å². The molecule has 0 bridgehead atoms. The van der Waals surface area contributed by atoms with Gasteiger partial charge in [0, 0.05) is 38.3 Å². The Morgan fingerprint density at radius 3 is 2.29 bits per heavy atom. The molecule has 264 valence electrons. The molecule has 1 aliphatic heterocycles. The number of ether oxygens (including phenoxy) is 1. The summed E-state index contributed by atoms with van der Waals surface area (Å²) in [5.74, 6) is -1.74. The van der Waals surface area contributed by atoms with Crippen molar-refractivity contribution < 1.29 is 38.3 Å². The van der Waals surface area contributed by atoms with Crippen molar-refractivity contribution in [3.05, 3.63) is 29.8 Å². The van der Waals surface area contributed by atoms with Crippen LogP contribution in [0.1, 0.15) is 70.3 Å². The SMILES string of the molecule is CCNC(=O)OCc1ccc(NC(=O)C(CCCNC(N)=O)NC(=O)C2(C(=O)NCCCCCN3C(=O)CC(SC)C3=O)CCC2)cc1. The highest BCUT2D eigenvalue weighted by Gasteiger charge is 2.51. The smallest absolute Gasteiger partial charge is 0.407 e. The number of imide groups is 1. The van der Waals surface area contributed by atoms with Crippen LogP contribution in [0.3, 0.4) is 0 Å². The van der Waals surface area contributed by atoms with E-state index >= 15 is 0 Å². The Morgan fingerprint density at radius 1 is 0.979 bits per heavy atom. The van der Waals surface area contributed by atoms with Gasteiger partial charge < -0.3 is 37.1 Å². The summed E-state index contributed by atoms with van der Waals surface area (Å²) in [5, 5.41) is 13.1. The van der Waals surface area contributed by atoms with E-state index in [9.17, 15) is 33.6 Å². The number of alkyl carbamates (subject to hydrolysis) is 1. The molecule has 1 saturated heterocycles. The number of carbonyl (C=O) groups excluding carboxylic acids is 7. The summed E-state index contributed by atoms with van der Waals surface area (Å²) in [6.45, 7) is 3.15. The average molecular weight is 690 g/mol. The molecule has 0 radical (unpaired) electrons. The lowest BCUT2D eigenvalue weighted by Gasteiger charge is -2.39. The topological polar surface area (TPSA) is 218 Å². The number of thioether (sulfide) groups is 1. The van der Waals surface area contributed by atoms with Crippen molar-refractivity contribution >= 4 is 59.1 Å². The van der Waals surface area contributed by atoms with E-state index in [1.165, 1.54) is 16.7 Å². The van der Waals surface area contributed by atoms with E-state index in [1.54, 1.807) is 31.2 Å². The lowest BCUT2D eigenvalue weighted by molar-refractivity contribution is -0.151. The minimum absolute atomic E-state index is 0.0507. The van der Waals surface area contributed by atoms with Crippen LogP contribution in [0.5, 0.6) is 0 Å². The molecule has 2 unspecified atom stereocenters. The van der Waals surface area contributed by atoms with Crippen molar-refractivity contribution in [3.63, 3.8) is 0 Å². The second-order valence-electron chi connectivity index (χ2n) is 11.8. The lowest BCUT2D eigenvalue weighted by atomic mass is 9.67. The van der Waals surface area contributed by atoms with Gasteiger partial charge in [-0.2, -0.15) is 11.8 Å². The molecule has 2 fully saturated rings. The second-order valence-corrected chi connectivity index (χ2v) is 12.9. The summed E-state index contributed by atoms with van der Waals surface area (Å²) in [5.41, 5.74) is 5.01. The van der Waals surface area contributed by atoms with E-state index in [1.807, 2.05) is 6.26 Å². The lowest BCUT2D eigenvalue weighted by Crippen LogP contribution is -2.58. The van der Waals surface area contributed by atoms with E-state index in [0.29, 0.717) is 75.8 Å². The van der Waals surface area contributed by atoms with Gasteiger partial charge in [0.25, 0.3) is 0 Å². The van der Waals surface area contributed by atoms with Crippen molar-refractivity contribution in [1.82, 2.24) is 26.2 Å². The fraction of sp³-hybridized carbons (Fsp3) is 0.594. The van der Waals surface area contributed by atoms with Crippen molar-refractivity contribution in [2.24, 2.45) is 11.1 Å². The number of nitrogens with zero attached hydrogens (tertiary/aromatic N) is 1. The number of nitrogens with two attached hydrogens (primary N) is 1.